The summed E-state index contributed by atoms with van der Waals surface area (Å²) in [6.45, 7) is 6.45. The maximum Gasteiger partial charge on any atom is 0.119 e. The molecule has 0 saturated carbocycles. The molecule has 1 N–H and O–H groups in total. The molecule has 0 radical (unpaired) electrons. The average molecular weight is 312 g/mol. The van der Waals surface area contributed by atoms with E-state index in [1.165, 1.54) is 5.57 Å². The molecule has 0 bridgehead atoms. The summed E-state index contributed by atoms with van der Waals surface area (Å²) >= 11 is 1.65. The van der Waals surface area contributed by atoms with E-state index in [2.05, 4.69) is 50.4 Å². The average Bonchev–Trinajstić information content (AvgIpc) is 2.47. The molecule has 2 aromatic rings. The summed E-state index contributed by atoms with van der Waals surface area (Å²) in [5.74, 6) is 0.863. The summed E-state index contributed by atoms with van der Waals surface area (Å²) in [4.78, 5) is 5.92. The van der Waals surface area contributed by atoms with Crippen molar-refractivity contribution in [1.82, 2.24) is 4.98 Å². The molecule has 2 heterocycles. The molecule has 1 aromatic carbocycles. The molecular formula is C18H20N2OS. The molecule has 4 heteroatoms. The molecule has 1 aliphatic heterocycles. The third-order valence-electron chi connectivity index (χ3n) is 3.54. The zero-order valence-electron chi connectivity index (χ0n) is 13.3. The Kier molecular flexibility index (Phi) is 3.87. The first-order chi connectivity index (χ1) is 10.5. The van der Waals surface area contributed by atoms with E-state index in [4.69, 9.17) is 9.72 Å². The molecule has 0 fully saturated rings. The third kappa shape index (κ3) is 3.12. The number of rotatable bonds is 3. The van der Waals surface area contributed by atoms with E-state index >= 15 is 0 Å². The summed E-state index contributed by atoms with van der Waals surface area (Å²) in [5.41, 5.74) is 3.32. The molecule has 0 unspecified atom stereocenters. The van der Waals surface area contributed by atoms with Crippen molar-refractivity contribution >= 4 is 23.0 Å². The molecule has 3 nitrogen and oxygen atoms in total. The zero-order chi connectivity index (χ0) is 15.7. The number of anilines is 1. The zero-order valence-corrected chi connectivity index (χ0v) is 14.1. The van der Waals surface area contributed by atoms with E-state index in [0.717, 1.165) is 27.1 Å². The molecule has 114 valence electrons. The molecular weight excluding hydrogens is 292 g/mol. The first kappa shape index (κ1) is 15.0. The van der Waals surface area contributed by atoms with Crippen LogP contribution in [0, 0.1) is 0 Å². The predicted molar refractivity (Wildman–Crippen MR) is 92.7 cm³/mol. The van der Waals surface area contributed by atoms with E-state index in [1.54, 1.807) is 18.9 Å². The number of hydrogen-bond acceptors (Lipinski definition) is 4. The van der Waals surface area contributed by atoms with Crippen LogP contribution in [0.2, 0.25) is 0 Å². The lowest BCUT2D eigenvalue weighted by molar-refractivity contribution is 0.413. The fourth-order valence-corrected chi connectivity index (χ4v) is 3.51. The second-order valence-corrected chi connectivity index (χ2v) is 7.09. The second-order valence-electron chi connectivity index (χ2n) is 6.00. The molecule has 0 amide bonds. The van der Waals surface area contributed by atoms with Crippen LogP contribution < -0.4 is 10.1 Å². The van der Waals surface area contributed by atoms with Crippen molar-refractivity contribution in [1.29, 1.82) is 0 Å². The van der Waals surface area contributed by atoms with Gasteiger partial charge in [-0.25, -0.2) is 4.98 Å². The Hall–Kier alpha value is -1.94. The van der Waals surface area contributed by atoms with Gasteiger partial charge in [0.05, 0.1) is 24.0 Å². The van der Waals surface area contributed by atoms with Gasteiger partial charge in [-0.15, -0.1) is 0 Å². The maximum atomic E-state index is 5.27. The topological polar surface area (TPSA) is 34.1 Å². The number of benzene rings is 1. The number of nitrogens with one attached hydrogen (secondary N) is 1. The van der Waals surface area contributed by atoms with Crippen molar-refractivity contribution in [3.63, 3.8) is 0 Å². The highest BCUT2D eigenvalue weighted by Gasteiger charge is 2.23. The van der Waals surface area contributed by atoms with Crippen LogP contribution in [0.5, 0.6) is 5.75 Å². The van der Waals surface area contributed by atoms with Crippen LogP contribution in [-0.2, 0) is 0 Å². The molecule has 22 heavy (non-hydrogen) atoms. The smallest absolute Gasteiger partial charge is 0.119 e. The number of nitrogens with zero attached hydrogens (tertiary/aromatic N) is 1. The van der Waals surface area contributed by atoms with Gasteiger partial charge in [-0.3, -0.25) is 0 Å². The summed E-state index contributed by atoms with van der Waals surface area (Å²) in [7, 11) is 1.68. The first-order valence-electron chi connectivity index (χ1n) is 7.28. The third-order valence-corrected chi connectivity index (χ3v) is 4.47. The molecule has 0 atom stereocenters. The number of pyridine rings is 1. The second kappa shape index (κ2) is 5.69. The Morgan fingerprint density at radius 2 is 2.00 bits per heavy atom. The normalized spacial score (nSPS) is 15.5. The fraction of sp³-hybridized carbons (Fsp3) is 0.278. The quantitative estimate of drug-likeness (QED) is 0.878. The van der Waals surface area contributed by atoms with Crippen molar-refractivity contribution in [2.45, 2.75) is 36.2 Å². The van der Waals surface area contributed by atoms with Crippen LogP contribution in [0.4, 0.5) is 5.69 Å². The Bertz CT molecular complexity index is 738. The van der Waals surface area contributed by atoms with Gasteiger partial charge in [-0.05, 0) is 56.7 Å². The van der Waals surface area contributed by atoms with E-state index in [1.807, 2.05) is 18.2 Å². The van der Waals surface area contributed by atoms with Gasteiger partial charge < -0.3 is 10.1 Å². The van der Waals surface area contributed by atoms with E-state index in [0.29, 0.717) is 0 Å². The molecule has 0 aliphatic carbocycles. The molecule has 1 aliphatic rings. The SMILES string of the molecule is COc1cccc(Sc2ccc3c(n2)C(C)=CC(C)(C)N3)c1. The van der Waals surface area contributed by atoms with Gasteiger partial charge in [0, 0.05) is 4.90 Å². The highest BCUT2D eigenvalue weighted by Crippen LogP contribution is 2.35. The van der Waals surface area contributed by atoms with Crippen molar-refractivity contribution in [2.24, 2.45) is 0 Å². The standard InChI is InChI=1S/C18H20N2OS/c1-12-11-18(2,3)20-15-8-9-16(19-17(12)15)22-14-7-5-6-13(10-14)21-4/h5-11,20H,1-4H3. The Balaban J connectivity index is 1.90. The van der Waals surface area contributed by atoms with Gasteiger partial charge in [0.1, 0.15) is 10.8 Å². The van der Waals surface area contributed by atoms with Crippen molar-refractivity contribution < 1.29 is 4.74 Å². The summed E-state index contributed by atoms with van der Waals surface area (Å²) in [6, 6.07) is 12.2. The van der Waals surface area contributed by atoms with Crippen molar-refractivity contribution in [3.05, 3.63) is 48.2 Å². The van der Waals surface area contributed by atoms with Crippen LogP contribution in [0.15, 0.2) is 52.4 Å². The van der Waals surface area contributed by atoms with Crippen LogP contribution >= 0.6 is 11.8 Å². The van der Waals surface area contributed by atoms with Gasteiger partial charge in [-0.2, -0.15) is 0 Å². The molecule has 3 rings (SSSR count). The van der Waals surface area contributed by atoms with E-state index in [9.17, 15) is 0 Å². The lowest BCUT2D eigenvalue weighted by atomic mass is 9.94. The number of allylic oxidation sites excluding steroid dienone is 1. The number of methoxy groups -OCH3 is 1. The highest BCUT2D eigenvalue weighted by atomic mass is 32.2. The number of aromatic nitrogens is 1. The minimum Gasteiger partial charge on any atom is -0.497 e. The molecule has 0 spiro atoms. The van der Waals surface area contributed by atoms with Gasteiger partial charge >= 0.3 is 0 Å². The van der Waals surface area contributed by atoms with Crippen LogP contribution in [0.3, 0.4) is 0 Å². The first-order valence-corrected chi connectivity index (χ1v) is 8.09. The Morgan fingerprint density at radius 1 is 1.18 bits per heavy atom. The van der Waals surface area contributed by atoms with Gasteiger partial charge in [0.15, 0.2) is 0 Å². The largest absolute Gasteiger partial charge is 0.497 e. The number of ether oxygens (including phenoxy) is 1. The number of fused-ring (bicyclic) bond motifs is 1. The Morgan fingerprint density at radius 3 is 2.77 bits per heavy atom. The molecule has 0 saturated heterocycles. The van der Waals surface area contributed by atoms with Crippen LogP contribution in [-0.4, -0.2) is 17.6 Å². The minimum absolute atomic E-state index is 0.0276. The van der Waals surface area contributed by atoms with Crippen LogP contribution in [0.25, 0.3) is 5.57 Å². The minimum atomic E-state index is -0.0276. The summed E-state index contributed by atoms with van der Waals surface area (Å²) in [5, 5.41) is 4.50. The fourth-order valence-electron chi connectivity index (χ4n) is 2.68. The lowest BCUT2D eigenvalue weighted by Crippen LogP contribution is -2.31. The van der Waals surface area contributed by atoms with Gasteiger partial charge in [0.2, 0.25) is 0 Å². The van der Waals surface area contributed by atoms with Gasteiger partial charge in [0.25, 0.3) is 0 Å². The van der Waals surface area contributed by atoms with Crippen molar-refractivity contribution in [3.8, 4) is 5.75 Å². The van der Waals surface area contributed by atoms with E-state index < -0.39 is 0 Å². The summed E-state index contributed by atoms with van der Waals surface area (Å²) < 4.78 is 5.27. The van der Waals surface area contributed by atoms with E-state index in [-0.39, 0.29) is 5.54 Å². The monoisotopic (exact) mass is 312 g/mol. The Labute approximate surface area is 135 Å². The van der Waals surface area contributed by atoms with Crippen molar-refractivity contribution in [2.75, 3.05) is 12.4 Å². The number of hydrogen-bond donors (Lipinski definition) is 1. The van der Waals surface area contributed by atoms with Gasteiger partial charge in [-0.1, -0.05) is 23.9 Å². The maximum absolute atomic E-state index is 5.27. The lowest BCUT2D eigenvalue weighted by Gasteiger charge is -2.30. The molecule has 1 aromatic heterocycles. The van der Waals surface area contributed by atoms with Crippen LogP contribution in [0.1, 0.15) is 26.5 Å². The summed E-state index contributed by atoms with van der Waals surface area (Å²) in [6.07, 6.45) is 2.22. The predicted octanol–water partition coefficient (Wildman–Crippen LogP) is 4.85. The highest BCUT2D eigenvalue weighted by molar-refractivity contribution is 7.99.